The van der Waals surface area contributed by atoms with Crippen molar-refractivity contribution >= 4 is 22.8 Å². The minimum atomic E-state index is -0.128. The lowest BCUT2D eigenvalue weighted by Crippen LogP contribution is -2.42. The molecule has 1 aliphatic heterocycles. The van der Waals surface area contributed by atoms with Crippen molar-refractivity contribution < 1.29 is 18.7 Å². The molecule has 2 heterocycles. The second-order valence-electron chi connectivity index (χ2n) is 7.79. The molecule has 1 aliphatic rings. The Morgan fingerprint density at radius 3 is 2.57 bits per heavy atom. The highest BCUT2D eigenvalue weighted by Crippen LogP contribution is 2.23. The number of carbonyl (C=O) groups excluding carboxylic acids is 2. The largest absolute Gasteiger partial charge is 0.484 e. The van der Waals surface area contributed by atoms with Crippen LogP contribution in [0, 0.1) is 12.8 Å². The summed E-state index contributed by atoms with van der Waals surface area (Å²) in [4.78, 5) is 26.6. The molecule has 0 saturated carbocycles. The van der Waals surface area contributed by atoms with Crippen LogP contribution in [0.1, 0.15) is 29.0 Å². The fraction of sp³-hybridized carbons (Fsp3) is 0.333. The van der Waals surface area contributed by atoms with Crippen molar-refractivity contribution in [2.75, 3.05) is 26.2 Å². The highest BCUT2D eigenvalue weighted by molar-refractivity contribution is 5.96. The third-order valence-corrected chi connectivity index (χ3v) is 5.52. The van der Waals surface area contributed by atoms with E-state index in [9.17, 15) is 9.59 Å². The van der Waals surface area contributed by atoms with E-state index in [1.807, 2.05) is 60.4 Å². The van der Waals surface area contributed by atoms with Gasteiger partial charge in [-0.1, -0.05) is 35.9 Å². The number of nitrogens with one attached hydrogen (secondary N) is 1. The summed E-state index contributed by atoms with van der Waals surface area (Å²) < 4.78 is 11.2. The number of hydrogen-bond acceptors (Lipinski definition) is 4. The molecule has 1 N–H and O–H groups in total. The second kappa shape index (κ2) is 9.03. The Kier molecular flexibility index (Phi) is 6.02. The summed E-state index contributed by atoms with van der Waals surface area (Å²) in [5, 5.41) is 3.88. The van der Waals surface area contributed by atoms with Crippen molar-refractivity contribution in [3.05, 3.63) is 65.9 Å². The van der Waals surface area contributed by atoms with Crippen molar-refractivity contribution in [1.82, 2.24) is 10.2 Å². The Labute approximate surface area is 175 Å². The van der Waals surface area contributed by atoms with Gasteiger partial charge in [0.05, 0.1) is 0 Å². The number of aryl methyl sites for hydroxylation is 1. The topological polar surface area (TPSA) is 71.8 Å². The lowest BCUT2D eigenvalue weighted by atomic mass is 9.96. The van der Waals surface area contributed by atoms with Gasteiger partial charge in [-0.25, -0.2) is 0 Å². The van der Waals surface area contributed by atoms with Crippen LogP contribution in [-0.2, 0) is 4.79 Å². The van der Waals surface area contributed by atoms with E-state index in [1.54, 1.807) is 6.07 Å². The fourth-order valence-electron chi connectivity index (χ4n) is 3.68. The Morgan fingerprint density at radius 2 is 1.83 bits per heavy atom. The number of likely N-dealkylation sites (tertiary alicyclic amines) is 1. The van der Waals surface area contributed by atoms with E-state index in [0.29, 0.717) is 37.1 Å². The third kappa shape index (κ3) is 4.82. The van der Waals surface area contributed by atoms with Crippen molar-refractivity contribution in [1.29, 1.82) is 0 Å². The average molecular weight is 406 g/mol. The number of fused-ring (bicyclic) bond motifs is 1. The molecule has 6 heteroatoms. The fourth-order valence-corrected chi connectivity index (χ4v) is 3.68. The molecule has 0 bridgehead atoms. The van der Waals surface area contributed by atoms with Crippen LogP contribution in [0.2, 0.25) is 0 Å². The molecule has 4 rings (SSSR count). The summed E-state index contributed by atoms with van der Waals surface area (Å²) in [5.41, 5.74) is 1.88. The summed E-state index contributed by atoms with van der Waals surface area (Å²) in [7, 11) is 0. The molecular weight excluding hydrogens is 380 g/mol. The monoisotopic (exact) mass is 406 g/mol. The number of amides is 2. The van der Waals surface area contributed by atoms with Crippen LogP contribution in [0.25, 0.3) is 11.0 Å². The second-order valence-corrected chi connectivity index (χ2v) is 7.79. The van der Waals surface area contributed by atoms with Crippen LogP contribution >= 0.6 is 0 Å². The smallest absolute Gasteiger partial charge is 0.289 e. The minimum Gasteiger partial charge on any atom is -0.484 e. The molecule has 3 aromatic rings. The molecule has 0 atom stereocenters. The summed E-state index contributed by atoms with van der Waals surface area (Å²) in [6.45, 7) is 3.94. The highest BCUT2D eigenvalue weighted by atomic mass is 16.5. The Morgan fingerprint density at radius 1 is 1.10 bits per heavy atom. The maximum absolute atomic E-state index is 12.7. The number of para-hydroxylation sites is 1. The molecule has 2 aromatic carbocycles. The van der Waals surface area contributed by atoms with Crippen LogP contribution in [-0.4, -0.2) is 43.0 Å². The predicted octanol–water partition coefficient (Wildman–Crippen LogP) is 3.79. The van der Waals surface area contributed by atoms with Gasteiger partial charge in [-0.05, 0) is 49.9 Å². The van der Waals surface area contributed by atoms with Gasteiger partial charge in [-0.3, -0.25) is 9.59 Å². The number of nitrogens with zero attached hydrogens (tertiary/aromatic N) is 1. The van der Waals surface area contributed by atoms with E-state index in [0.717, 1.165) is 29.4 Å². The minimum absolute atomic E-state index is 0.00639. The van der Waals surface area contributed by atoms with Crippen molar-refractivity contribution in [3.8, 4) is 5.75 Å². The molecule has 6 nitrogen and oxygen atoms in total. The summed E-state index contributed by atoms with van der Waals surface area (Å²) in [6, 6.07) is 17.0. The van der Waals surface area contributed by atoms with Gasteiger partial charge in [-0.15, -0.1) is 0 Å². The SMILES string of the molecule is Cc1ccc(OCC(=O)NCC2CCN(C(=O)c3cc4ccccc4o3)CC2)cc1. The molecule has 0 aliphatic carbocycles. The van der Waals surface area contributed by atoms with Crippen molar-refractivity contribution in [3.63, 3.8) is 0 Å². The number of rotatable bonds is 6. The van der Waals surface area contributed by atoms with E-state index < -0.39 is 0 Å². The standard InChI is InChI=1S/C24H26N2O4/c1-17-6-8-20(9-7-17)29-16-23(27)25-15-18-10-12-26(13-11-18)24(28)22-14-19-4-2-3-5-21(19)30-22/h2-9,14,18H,10-13,15-16H2,1H3,(H,25,27). The maximum atomic E-state index is 12.7. The van der Waals surface area contributed by atoms with E-state index in [2.05, 4.69) is 5.32 Å². The van der Waals surface area contributed by atoms with Crippen LogP contribution in [0.4, 0.5) is 0 Å². The zero-order valence-corrected chi connectivity index (χ0v) is 17.1. The van der Waals surface area contributed by atoms with E-state index in [-0.39, 0.29) is 18.4 Å². The average Bonchev–Trinajstić information content (AvgIpc) is 3.21. The normalized spacial score (nSPS) is 14.6. The molecule has 2 amide bonds. The molecule has 1 saturated heterocycles. The molecule has 156 valence electrons. The Hall–Kier alpha value is -3.28. The van der Waals surface area contributed by atoms with Gasteiger partial charge >= 0.3 is 0 Å². The number of benzene rings is 2. The number of carbonyl (C=O) groups is 2. The number of ether oxygens (including phenoxy) is 1. The summed E-state index contributed by atoms with van der Waals surface area (Å²) in [5.74, 6) is 1.23. The summed E-state index contributed by atoms with van der Waals surface area (Å²) in [6.07, 6.45) is 1.70. The number of piperidine rings is 1. The van der Waals surface area contributed by atoms with Crippen LogP contribution in [0.3, 0.4) is 0 Å². The molecular formula is C24H26N2O4. The lowest BCUT2D eigenvalue weighted by molar-refractivity contribution is -0.123. The van der Waals surface area contributed by atoms with Crippen molar-refractivity contribution in [2.24, 2.45) is 5.92 Å². The van der Waals surface area contributed by atoms with Crippen LogP contribution < -0.4 is 10.1 Å². The molecule has 0 radical (unpaired) electrons. The molecule has 1 fully saturated rings. The highest BCUT2D eigenvalue weighted by Gasteiger charge is 2.26. The molecule has 30 heavy (non-hydrogen) atoms. The van der Waals surface area contributed by atoms with E-state index in [1.165, 1.54) is 0 Å². The first-order valence-corrected chi connectivity index (χ1v) is 10.3. The Bertz CT molecular complexity index is 984. The first kappa shape index (κ1) is 20.0. The van der Waals surface area contributed by atoms with E-state index >= 15 is 0 Å². The number of furan rings is 1. The third-order valence-electron chi connectivity index (χ3n) is 5.52. The van der Waals surface area contributed by atoms with Gasteiger partial charge in [0.15, 0.2) is 12.4 Å². The van der Waals surface area contributed by atoms with Crippen LogP contribution in [0.15, 0.2) is 59.0 Å². The van der Waals surface area contributed by atoms with E-state index in [4.69, 9.17) is 9.15 Å². The first-order valence-electron chi connectivity index (χ1n) is 10.3. The summed E-state index contributed by atoms with van der Waals surface area (Å²) >= 11 is 0. The van der Waals surface area contributed by atoms with Gasteiger partial charge in [0.25, 0.3) is 11.8 Å². The molecule has 0 spiro atoms. The Balaban J connectivity index is 1.20. The quantitative estimate of drug-likeness (QED) is 0.676. The first-order chi connectivity index (χ1) is 14.6. The predicted molar refractivity (Wildman–Crippen MR) is 115 cm³/mol. The molecule has 1 aromatic heterocycles. The zero-order valence-electron chi connectivity index (χ0n) is 17.1. The lowest BCUT2D eigenvalue weighted by Gasteiger charge is -2.31. The zero-order chi connectivity index (χ0) is 20.9. The van der Waals surface area contributed by atoms with Gasteiger partial charge in [0, 0.05) is 25.0 Å². The maximum Gasteiger partial charge on any atom is 0.289 e. The van der Waals surface area contributed by atoms with Gasteiger partial charge in [-0.2, -0.15) is 0 Å². The van der Waals surface area contributed by atoms with Gasteiger partial charge in [0.2, 0.25) is 0 Å². The van der Waals surface area contributed by atoms with Gasteiger partial charge in [0.1, 0.15) is 11.3 Å². The molecule has 0 unspecified atom stereocenters. The van der Waals surface area contributed by atoms with Crippen molar-refractivity contribution in [2.45, 2.75) is 19.8 Å². The van der Waals surface area contributed by atoms with Gasteiger partial charge < -0.3 is 19.4 Å². The number of hydrogen-bond donors (Lipinski definition) is 1. The van der Waals surface area contributed by atoms with Crippen LogP contribution in [0.5, 0.6) is 5.75 Å².